The van der Waals surface area contributed by atoms with Gasteiger partial charge in [0.25, 0.3) is 0 Å². The first-order chi connectivity index (χ1) is 15.0. The summed E-state index contributed by atoms with van der Waals surface area (Å²) in [6.45, 7) is 2.66. The van der Waals surface area contributed by atoms with Crippen LogP contribution in [0.2, 0.25) is 0 Å². The van der Waals surface area contributed by atoms with Crippen molar-refractivity contribution in [2.45, 2.75) is 56.5 Å². The summed E-state index contributed by atoms with van der Waals surface area (Å²) in [6, 6.07) is 7.69. The number of rotatable bonds is 18. The van der Waals surface area contributed by atoms with E-state index in [0.29, 0.717) is 18.1 Å². The highest BCUT2D eigenvalue weighted by Crippen LogP contribution is 2.43. The van der Waals surface area contributed by atoms with E-state index in [4.69, 9.17) is 14.9 Å². The van der Waals surface area contributed by atoms with Crippen LogP contribution in [0.5, 0.6) is 5.75 Å². The van der Waals surface area contributed by atoms with E-state index in [1.54, 1.807) is 0 Å². The minimum absolute atomic E-state index is 0.0678. The van der Waals surface area contributed by atoms with Crippen molar-refractivity contribution in [3.63, 3.8) is 0 Å². The lowest BCUT2D eigenvalue weighted by Crippen LogP contribution is -2.03. The van der Waals surface area contributed by atoms with Gasteiger partial charge in [0.1, 0.15) is 12.4 Å². The SMILES string of the molecule is CCCCCC=CCC=CCOc1ccccc1C(SCCC(=O)O)SCCC(=O)O. The molecule has 0 bridgehead atoms. The van der Waals surface area contributed by atoms with Gasteiger partial charge in [0.05, 0.1) is 17.4 Å². The zero-order chi connectivity index (χ0) is 22.7. The summed E-state index contributed by atoms with van der Waals surface area (Å²) in [5, 5.41) is 17.8. The van der Waals surface area contributed by atoms with E-state index in [1.807, 2.05) is 30.3 Å². The van der Waals surface area contributed by atoms with Crippen LogP contribution in [-0.4, -0.2) is 40.3 Å². The third-order valence-corrected chi connectivity index (χ3v) is 7.07. The molecule has 0 fully saturated rings. The van der Waals surface area contributed by atoms with Crippen molar-refractivity contribution >= 4 is 35.5 Å². The smallest absolute Gasteiger partial charge is 0.304 e. The molecule has 0 aliphatic rings. The Kier molecular flexibility index (Phi) is 15.6. The van der Waals surface area contributed by atoms with E-state index < -0.39 is 11.9 Å². The van der Waals surface area contributed by atoms with Crippen molar-refractivity contribution < 1.29 is 24.5 Å². The Morgan fingerprint density at radius 2 is 1.61 bits per heavy atom. The van der Waals surface area contributed by atoms with Gasteiger partial charge in [-0.1, -0.05) is 62.3 Å². The van der Waals surface area contributed by atoms with E-state index >= 15 is 0 Å². The summed E-state index contributed by atoms with van der Waals surface area (Å²) < 4.78 is 5.88. The van der Waals surface area contributed by atoms with E-state index in [1.165, 1.54) is 42.8 Å². The predicted octanol–water partition coefficient (Wildman–Crippen LogP) is 6.56. The molecule has 0 aliphatic heterocycles. The molecule has 0 unspecified atom stereocenters. The third kappa shape index (κ3) is 13.9. The molecule has 31 heavy (non-hydrogen) atoms. The van der Waals surface area contributed by atoms with Gasteiger partial charge in [0, 0.05) is 17.1 Å². The summed E-state index contributed by atoms with van der Waals surface area (Å²) in [6.07, 6.45) is 14.4. The Hall–Kier alpha value is -1.86. The van der Waals surface area contributed by atoms with Gasteiger partial charge in [0.15, 0.2) is 0 Å². The molecule has 0 atom stereocenters. The number of hydrogen-bond acceptors (Lipinski definition) is 5. The molecule has 0 saturated carbocycles. The van der Waals surface area contributed by atoms with Crippen LogP contribution in [0.15, 0.2) is 48.6 Å². The van der Waals surface area contributed by atoms with Gasteiger partial charge in [0.2, 0.25) is 0 Å². The normalized spacial score (nSPS) is 11.5. The predicted molar refractivity (Wildman–Crippen MR) is 131 cm³/mol. The third-order valence-electron chi connectivity index (χ3n) is 4.26. The van der Waals surface area contributed by atoms with Crippen LogP contribution in [-0.2, 0) is 9.59 Å². The maximum atomic E-state index is 10.9. The molecule has 2 N–H and O–H groups in total. The second-order valence-electron chi connectivity index (χ2n) is 6.88. The first kappa shape index (κ1) is 27.2. The number of aliphatic carboxylic acids is 2. The number of para-hydroxylation sites is 1. The first-order valence-electron chi connectivity index (χ1n) is 10.7. The molecular formula is C24H34O5S2. The Morgan fingerprint density at radius 3 is 2.26 bits per heavy atom. The average molecular weight is 467 g/mol. The highest BCUT2D eigenvalue weighted by atomic mass is 32.2. The van der Waals surface area contributed by atoms with Crippen LogP contribution in [0, 0.1) is 0 Å². The number of unbranched alkanes of at least 4 members (excludes halogenated alkanes) is 3. The number of hydrogen-bond donors (Lipinski definition) is 2. The van der Waals surface area contributed by atoms with E-state index in [0.717, 1.165) is 24.2 Å². The molecular weight excluding hydrogens is 432 g/mol. The lowest BCUT2D eigenvalue weighted by molar-refractivity contribution is -0.137. The molecule has 1 rings (SSSR count). The molecule has 0 amide bonds. The van der Waals surface area contributed by atoms with E-state index in [9.17, 15) is 9.59 Å². The number of carboxylic acids is 2. The number of thioether (sulfide) groups is 2. The van der Waals surface area contributed by atoms with Crippen LogP contribution >= 0.6 is 23.5 Å². The second-order valence-corrected chi connectivity index (χ2v) is 9.61. The number of ether oxygens (including phenoxy) is 1. The molecule has 0 heterocycles. The monoisotopic (exact) mass is 466 g/mol. The molecule has 5 nitrogen and oxygen atoms in total. The molecule has 1 aromatic rings. The van der Waals surface area contributed by atoms with Gasteiger partial charge in [-0.25, -0.2) is 0 Å². The van der Waals surface area contributed by atoms with Crippen molar-refractivity contribution in [1.29, 1.82) is 0 Å². The molecule has 0 spiro atoms. The summed E-state index contributed by atoms with van der Waals surface area (Å²) in [4.78, 5) is 21.7. The molecule has 0 aromatic heterocycles. The van der Waals surface area contributed by atoms with Crippen LogP contribution < -0.4 is 4.74 Å². The van der Waals surface area contributed by atoms with Crippen LogP contribution in [0.1, 0.15) is 62.0 Å². The zero-order valence-corrected chi connectivity index (χ0v) is 19.8. The minimum Gasteiger partial charge on any atom is -0.489 e. The summed E-state index contributed by atoms with van der Waals surface area (Å²) in [5.41, 5.74) is 0.956. The fourth-order valence-corrected chi connectivity index (χ4v) is 5.37. The van der Waals surface area contributed by atoms with Crippen molar-refractivity contribution in [2.75, 3.05) is 18.1 Å². The Bertz CT molecular complexity index is 683. The van der Waals surface area contributed by atoms with Crippen molar-refractivity contribution in [3.05, 3.63) is 54.1 Å². The standard InChI is InChI=1S/C24H34O5S2/c1-2-3-4-5-6-7-8-9-12-17-29-21-14-11-10-13-20(21)24(30-18-15-22(25)26)31-19-16-23(27)28/h6-7,9-14,24H,2-5,8,15-19H2,1H3,(H,25,26)(H,27,28). The van der Waals surface area contributed by atoms with Gasteiger partial charge in [-0.3, -0.25) is 9.59 Å². The molecule has 1 aromatic carbocycles. The maximum Gasteiger partial charge on any atom is 0.304 e. The lowest BCUT2D eigenvalue weighted by atomic mass is 10.2. The zero-order valence-electron chi connectivity index (χ0n) is 18.2. The van der Waals surface area contributed by atoms with Crippen LogP contribution in [0.3, 0.4) is 0 Å². The quantitative estimate of drug-likeness (QED) is 0.144. The van der Waals surface area contributed by atoms with Crippen molar-refractivity contribution in [1.82, 2.24) is 0 Å². The Balaban J connectivity index is 2.61. The first-order valence-corrected chi connectivity index (χ1v) is 12.8. The van der Waals surface area contributed by atoms with E-state index in [2.05, 4.69) is 25.2 Å². The number of benzene rings is 1. The lowest BCUT2D eigenvalue weighted by Gasteiger charge is -2.19. The summed E-state index contributed by atoms with van der Waals surface area (Å²) in [7, 11) is 0. The molecule has 7 heteroatoms. The molecule has 0 saturated heterocycles. The van der Waals surface area contributed by atoms with Gasteiger partial charge < -0.3 is 14.9 Å². The maximum absolute atomic E-state index is 10.9. The highest BCUT2D eigenvalue weighted by Gasteiger charge is 2.18. The second kappa shape index (κ2) is 17.8. The highest BCUT2D eigenvalue weighted by molar-refractivity contribution is 8.16. The minimum atomic E-state index is -0.837. The topological polar surface area (TPSA) is 83.8 Å². The van der Waals surface area contributed by atoms with Crippen molar-refractivity contribution in [2.24, 2.45) is 0 Å². The van der Waals surface area contributed by atoms with Gasteiger partial charge in [-0.15, -0.1) is 23.5 Å². The average Bonchev–Trinajstić information content (AvgIpc) is 2.74. The Labute approximate surface area is 194 Å². The van der Waals surface area contributed by atoms with E-state index in [-0.39, 0.29) is 17.4 Å². The number of carboxylic acid groups (broad SMARTS) is 2. The number of allylic oxidation sites excluding steroid dienone is 3. The van der Waals surface area contributed by atoms with Gasteiger partial charge in [-0.05, 0) is 25.3 Å². The van der Waals surface area contributed by atoms with Gasteiger partial charge in [-0.2, -0.15) is 0 Å². The fraction of sp³-hybridized carbons (Fsp3) is 0.500. The van der Waals surface area contributed by atoms with Crippen LogP contribution in [0.4, 0.5) is 0 Å². The fourth-order valence-electron chi connectivity index (χ4n) is 2.65. The summed E-state index contributed by atoms with van der Waals surface area (Å²) >= 11 is 3.02. The molecule has 0 aliphatic carbocycles. The summed E-state index contributed by atoms with van der Waals surface area (Å²) in [5.74, 6) is -0.0118. The Morgan fingerprint density at radius 1 is 0.968 bits per heavy atom. The molecule has 172 valence electrons. The van der Waals surface area contributed by atoms with Crippen molar-refractivity contribution in [3.8, 4) is 5.75 Å². The van der Waals surface area contributed by atoms with Crippen LogP contribution in [0.25, 0.3) is 0 Å². The van der Waals surface area contributed by atoms with Gasteiger partial charge >= 0.3 is 11.9 Å². The largest absolute Gasteiger partial charge is 0.489 e. The number of carbonyl (C=O) groups is 2. The molecule has 0 radical (unpaired) electrons.